The van der Waals surface area contributed by atoms with Gasteiger partial charge in [0.1, 0.15) is 5.75 Å². The maximum Gasteiger partial charge on any atom is 0.335 e. The average Bonchev–Trinajstić information content (AvgIpc) is 2.19. The Morgan fingerprint density at radius 1 is 1.46 bits per heavy atom. The molecule has 66 valence electrons. The molecule has 0 unspecified atom stereocenters. The van der Waals surface area contributed by atoms with Crippen molar-refractivity contribution >= 4 is 11.7 Å². The van der Waals surface area contributed by atoms with Gasteiger partial charge in [-0.1, -0.05) is 6.58 Å². The fourth-order valence-electron chi connectivity index (χ4n) is 0.747. The molecule has 13 heavy (non-hydrogen) atoms. The van der Waals surface area contributed by atoms with Gasteiger partial charge in [0.25, 0.3) is 0 Å². The second-order valence-electron chi connectivity index (χ2n) is 2.23. The summed E-state index contributed by atoms with van der Waals surface area (Å²) in [6.07, 6.45) is 1.09. The van der Waals surface area contributed by atoms with Crippen LogP contribution in [-0.4, -0.2) is 5.97 Å². The van der Waals surface area contributed by atoms with Crippen LogP contribution in [0.5, 0.6) is 5.75 Å². The second-order valence-corrected chi connectivity index (χ2v) is 2.23. The lowest BCUT2D eigenvalue weighted by atomic mass is 10.3. The number of nitrogens with zero attached hydrogens (tertiary/aromatic N) is 1. The normalized spacial score (nSPS) is 8.92. The zero-order valence-electron chi connectivity index (χ0n) is 6.86. The molecule has 0 heterocycles. The molecule has 0 aliphatic heterocycles. The molecule has 4 nitrogen and oxygen atoms in total. The minimum Gasteiger partial charge on any atom is -0.423 e. The summed E-state index contributed by atoms with van der Waals surface area (Å²) in [5.74, 6) is -0.0899. The van der Waals surface area contributed by atoms with Crippen LogP contribution in [0.2, 0.25) is 0 Å². The Balaban J connectivity index is 2.74. The first-order chi connectivity index (χ1) is 6.26. The molecule has 0 saturated carbocycles. The highest BCUT2D eigenvalue weighted by Crippen LogP contribution is 2.17. The third-order valence-corrected chi connectivity index (χ3v) is 1.35. The Hall–Kier alpha value is -1.97. The van der Waals surface area contributed by atoms with Crippen LogP contribution in [0.4, 0.5) is 5.69 Å². The topological polar surface area (TPSA) is 62.5 Å². The smallest absolute Gasteiger partial charge is 0.335 e. The SMILES string of the molecule is C=CC(=O)Oc1ccc(N=N)cc1. The van der Waals surface area contributed by atoms with Crippen molar-refractivity contribution in [2.45, 2.75) is 0 Å². The van der Waals surface area contributed by atoms with Gasteiger partial charge in [-0.25, -0.2) is 10.3 Å². The van der Waals surface area contributed by atoms with E-state index in [1.807, 2.05) is 0 Å². The zero-order valence-corrected chi connectivity index (χ0v) is 6.86. The van der Waals surface area contributed by atoms with Crippen molar-refractivity contribution in [1.82, 2.24) is 0 Å². The molecule has 0 spiro atoms. The van der Waals surface area contributed by atoms with Crippen LogP contribution in [0.15, 0.2) is 42.0 Å². The van der Waals surface area contributed by atoms with Gasteiger partial charge in [-0.15, -0.1) is 0 Å². The highest BCUT2D eigenvalue weighted by atomic mass is 16.5. The van der Waals surface area contributed by atoms with E-state index in [0.717, 1.165) is 6.08 Å². The standard InChI is InChI=1S/C9H8N2O2/c1-2-9(12)13-8-5-3-7(11-10)4-6-8/h2-6,10H,1H2. The summed E-state index contributed by atoms with van der Waals surface area (Å²) in [6, 6.07) is 6.29. The first kappa shape index (κ1) is 9.12. The zero-order chi connectivity index (χ0) is 9.68. The predicted molar refractivity (Wildman–Crippen MR) is 47.1 cm³/mol. The molecule has 1 N–H and O–H groups in total. The van der Waals surface area contributed by atoms with Crippen molar-refractivity contribution in [3.05, 3.63) is 36.9 Å². The first-order valence-corrected chi connectivity index (χ1v) is 3.58. The summed E-state index contributed by atoms with van der Waals surface area (Å²) < 4.78 is 4.80. The quantitative estimate of drug-likeness (QED) is 0.332. The minimum atomic E-state index is -0.504. The molecule has 4 heteroatoms. The molecule has 0 aliphatic carbocycles. The van der Waals surface area contributed by atoms with Gasteiger partial charge in [0.05, 0.1) is 5.69 Å². The lowest BCUT2D eigenvalue weighted by Gasteiger charge is -1.99. The molecule has 0 amide bonds. The summed E-state index contributed by atoms with van der Waals surface area (Å²) in [6.45, 7) is 3.27. The summed E-state index contributed by atoms with van der Waals surface area (Å²) in [7, 11) is 0. The van der Waals surface area contributed by atoms with E-state index in [4.69, 9.17) is 10.3 Å². The van der Waals surface area contributed by atoms with E-state index in [0.29, 0.717) is 11.4 Å². The van der Waals surface area contributed by atoms with Gasteiger partial charge < -0.3 is 4.74 Å². The first-order valence-electron chi connectivity index (χ1n) is 3.58. The van der Waals surface area contributed by atoms with E-state index in [1.165, 1.54) is 0 Å². The number of benzene rings is 1. The maximum absolute atomic E-state index is 10.7. The van der Waals surface area contributed by atoms with Crippen LogP contribution in [0.25, 0.3) is 0 Å². The lowest BCUT2D eigenvalue weighted by Crippen LogP contribution is -2.02. The van der Waals surface area contributed by atoms with Gasteiger partial charge in [0.15, 0.2) is 0 Å². The molecule has 1 rings (SSSR count). The Morgan fingerprint density at radius 2 is 2.08 bits per heavy atom. The van der Waals surface area contributed by atoms with Crippen molar-refractivity contribution in [1.29, 1.82) is 5.53 Å². The molecule has 0 fully saturated rings. The van der Waals surface area contributed by atoms with E-state index in [9.17, 15) is 4.79 Å². The van der Waals surface area contributed by atoms with Crippen LogP contribution in [-0.2, 0) is 4.79 Å². The predicted octanol–water partition coefficient (Wildman–Crippen LogP) is 2.44. The monoisotopic (exact) mass is 176 g/mol. The van der Waals surface area contributed by atoms with Gasteiger partial charge in [0.2, 0.25) is 0 Å². The van der Waals surface area contributed by atoms with Crippen LogP contribution in [0.1, 0.15) is 0 Å². The van der Waals surface area contributed by atoms with E-state index < -0.39 is 5.97 Å². The molecular weight excluding hydrogens is 168 g/mol. The van der Waals surface area contributed by atoms with Crippen molar-refractivity contribution < 1.29 is 9.53 Å². The van der Waals surface area contributed by atoms with Crippen LogP contribution in [0.3, 0.4) is 0 Å². The van der Waals surface area contributed by atoms with E-state index in [-0.39, 0.29) is 0 Å². The number of ether oxygens (including phenoxy) is 1. The van der Waals surface area contributed by atoms with E-state index in [1.54, 1.807) is 24.3 Å². The molecular formula is C9H8N2O2. The Bertz CT molecular complexity index is 330. The molecule has 0 bridgehead atoms. The third-order valence-electron chi connectivity index (χ3n) is 1.35. The Labute approximate surface area is 75.3 Å². The maximum atomic E-state index is 10.7. The minimum absolute atomic E-state index is 0.414. The van der Waals surface area contributed by atoms with Gasteiger partial charge in [-0.3, -0.25) is 0 Å². The fraction of sp³-hybridized carbons (Fsp3) is 0. The van der Waals surface area contributed by atoms with Gasteiger partial charge in [0, 0.05) is 6.08 Å². The highest BCUT2D eigenvalue weighted by Gasteiger charge is 1.98. The molecule has 1 aromatic rings. The highest BCUT2D eigenvalue weighted by molar-refractivity contribution is 5.83. The van der Waals surface area contributed by atoms with Crippen molar-refractivity contribution in [2.24, 2.45) is 5.11 Å². The van der Waals surface area contributed by atoms with Crippen molar-refractivity contribution in [2.75, 3.05) is 0 Å². The average molecular weight is 176 g/mol. The number of carbonyl (C=O) groups is 1. The largest absolute Gasteiger partial charge is 0.423 e. The second kappa shape index (κ2) is 4.15. The van der Waals surface area contributed by atoms with Crippen molar-refractivity contribution in [3.63, 3.8) is 0 Å². The number of nitrogens with one attached hydrogen (secondary N) is 1. The Morgan fingerprint density at radius 3 is 2.54 bits per heavy atom. The number of hydrogen-bond donors (Lipinski definition) is 1. The van der Waals surface area contributed by atoms with Crippen LogP contribution < -0.4 is 4.74 Å². The van der Waals surface area contributed by atoms with Gasteiger partial charge in [-0.05, 0) is 24.3 Å². The summed E-state index contributed by atoms with van der Waals surface area (Å²) in [4.78, 5) is 10.7. The number of rotatable bonds is 3. The van der Waals surface area contributed by atoms with E-state index >= 15 is 0 Å². The van der Waals surface area contributed by atoms with Crippen LogP contribution in [0, 0.1) is 5.53 Å². The molecule has 0 aromatic heterocycles. The molecule has 1 aromatic carbocycles. The Kier molecular flexibility index (Phi) is 2.92. The number of carbonyl (C=O) groups excluding carboxylic acids is 1. The third kappa shape index (κ3) is 2.52. The summed E-state index contributed by atoms with van der Waals surface area (Å²) >= 11 is 0. The van der Waals surface area contributed by atoms with Crippen molar-refractivity contribution in [3.8, 4) is 5.75 Å². The summed E-state index contributed by atoms with van der Waals surface area (Å²) in [5.41, 5.74) is 7.21. The molecule has 0 atom stereocenters. The summed E-state index contributed by atoms with van der Waals surface area (Å²) in [5, 5.41) is 3.20. The molecule has 0 saturated heterocycles. The van der Waals surface area contributed by atoms with E-state index in [2.05, 4.69) is 11.7 Å². The number of esters is 1. The number of hydrogen-bond acceptors (Lipinski definition) is 4. The van der Waals surface area contributed by atoms with Gasteiger partial charge >= 0.3 is 5.97 Å². The lowest BCUT2D eigenvalue weighted by molar-refractivity contribution is -0.128. The molecule has 0 aliphatic rings. The molecule has 0 radical (unpaired) electrons. The van der Waals surface area contributed by atoms with Gasteiger partial charge in [-0.2, -0.15) is 5.11 Å². The van der Waals surface area contributed by atoms with Crippen LogP contribution >= 0.6 is 0 Å². The fourth-order valence-corrected chi connectivity index (χ4v) is 0.747.